The number of pyridine rings is 2. The minimum atomic E-state index is 0.666. The van der Waals surface area contributed by atoms with Gasteiger partial charge in [0.1, 0.15) is 0 Å². The first kappa shape index (κ1) is 58.6. The van der Waals surface area contributed by atoms with Gasteiger partial charge < -0.3 is 0 Å². The van der Waals surface area contributed by atoms with Crippen LogP contribution in [-0.4, -0.2) is 29.9 Å². The Hall–Kier alpha value is -12.7. The second-order valence-corrected chi connectivity index (χ2v) is 27.3. The predicted octanol–water partition coefficient (Wildman–Crippen LogP) is 25.1. The van der Waals surface area contributed by atoms with Gasteiger partial charge in [-0.15, -0.1) is 22.7 Å². The lowest BCUT2D eigenvalue weighted by Crippen LogP contribution is -1.96. The van der Waals surface area contributed by atoms with Crippen LogP contribution >= 0.6 is 22.7 Å². The van der Waals surface area contributed by atoms with Crippen LogP contribution in [0, 0.1) is 0 Å². The molecule has 0 spiro atoms. The van der Waals surface area contributed by atoms with Crippen molar-refractivity contribution in [1.29, 1.82) is 0 Å². The summed E-state index contributed by atoms with van der Waals surface area (Å²) in [6.07, 6.45) is 0. The number of aromatic nitrogens is 6. The molecule has 13 aromatic carbocycles. The van der Waals surface area contributed by atoms with E-state index in [1.54, 1.807) is 0 Å². The molecule has 0 N–H and O–H groups in total. The molecule has 19 rings (SSSR count). The molecule has 0 amide bonds. The van der Waals surface area contributed by atoms with E-state index in [0.29, 0.717) is 11.6 Å². The molecule has 0 fully saturated rings. The fourth-order valence-corrected chi connectivity index (χ4v) is 16.6. The molecule has 100 heavy (non-hydrogen) atoms. The number of thiophene rings is 2. The van der Waals surface area contributed by atoms with Gasteiger partial charge in [-0.2, -0.15) is 0 Å². The van der Waals surface area contributed by atoms with Crippen molar-refractivity contribution in [3.8, 4) is 135 Å². The maximum absolute atomic E-state index is 5.76. The highest BCUT2D eigenvalue weighted by Gasteiger charge is 2.22. The van der Waals surface area contributed by atoms with E-state index in [-0.39, 0.29) is 0 Å². The Morgan fingerprint density at radius 3 is 0.960 bits per heavy atom. The van der Waals surface area contributed by atoms with Gasteiger partial charge in [-0.1, -0.05) is 309 Å². The first-order valence-corrected chi connectivity index (χ1v) is 35.2. The van der Waals surface area contributed by atoms with E-state index in [1.807, 2.05) is 53.0 Å². The Bertz CT molecular complexity index is 6340. The summed E-state index contributed by atoms with van der Waals surface area (Å²) in [5.41, 5.74) is 24.2. The topological polar surface area (TPSA) is 77.3 Å². The molecular weight excluding hydrogens is 1250 g/mol. The van der Waals surface area contributed by atoms with E-state index in [4.69, 9.17) is 29.9 Å². The van der Waals surface area contributed by atoms with Crippen molar-refractivity contribution in [1.82, 2.24) is 29.9 Å². The maximum atomic E-state index is 5.76. The zero-order chi connectivity index (χ0) is 66.0. The summed E-state index contributed by atoms with van der Waals surface area (Å²) in [5, 5.41) is 7.09. The minimum Gasteiger partial charge on any atom is -0.246 e. The second-order valence-electron chi connectivity index (χ2n) is 25.2. The smallest absolute Gasteiger partial charge is 0.160 e. The summed E-state index contributed by atoms with van der Waals surface area (Å²) in [6.45, 7) is 0. The Morgan fingerprint density at radius 2 is 0.490 bits per heavy atom. The molecule has 0 aliphatic rings. The molecule has 6 heterocycles. The molecule has 0 aliphatic heterocycles. The molecule has 0 unspecified atom stereocenters. The zero-order valence-corrected chi connectivity index (χ0v) is 55.5. The van der Waals surface area contributed by atoms with E-state index in [9.17, 15) is 0 Å². The Kier molecular flexibility index (Phi) is 14.5. The number of fused-ring (bicyclic) bond motifs is 10. The fourth-order valence-electron chi connectivity index (χ4n) is 14.2. The van der Waals surface area contributed by atoms with E-state index in [0.717, 1.165) is 145 Å². The summed E-state index contributed by atoms with van der Waals surface area (Å²) in [5.74, 6) is 1.34. The molecule has 6 aromatic heterocycles. The summed E-state index contributed by atoms with van der Waals surface area (Å²) in [4.78, 5) is 32.2. The highest BCUT2D eigenvalue weighted by molar-refractivity contribution is 7.27. The summed E-state index contributed by atoms with van der Waals surface area (Å²) < 4.78 is 4.96. The van der Waals surface area contributed by atoms with Crippen molar-refractivity contribution in [2.24, 2.45) is 0 Å². The van der Waals surface area contributed by atoms with Crippen LogP contribution in [0.5, 0.6) is 0 Å². The van der Waals surface area contributed by atoms with Crippen LogP contribution in [0.15, 0.2) is 340 Å². The van der Waals surface area contributed by atoms with Crippen molar-refractivity contribution in [2.45, 2.75) is 0 Å². The lowest BCUT2D eigenvalue weighted by Gasteiger charge is -2.13. The van der Waals surface area contributed by atoms with Crippen molar-refractivity contribution < 1.29 is 0 Å². The van der Waals surface area contributed by atoms with Crippen molar-refractivity contribution in [2.75, 3.05) is 0 Å². The molecule has 0 saturated heterocycles. The quantitative estimate of drug-likeness (QED) is 0.121. The zero-order valence-electron chi connectivity index (χ0n) is 53.8. The van der Waals surface area contributed by atoms with Crippen LogP contribution in [0.4, 0.5) is 0 Å². The van der Waals surface area contributed by atoms with Crippen LogP contribution in [0.2, 0.25) is 0 Å². The van der Waals surface area contributed by atoms with Crippen molar-refractivity contribution in [3.05, 3.63) is 340 Å². The average Bonchev–Trinajstić information content (AvgIpc) is 1.37. The van der Waals surface area contributed by atoms with Gasteiger partial charge in [0, 0.05) is 107 Å². The van der Waals surface area contributed by atoms with Gasteiger partial charge in [0.05, 0.1) is 45.2 Å². The third-order valence-corrected chi connectivity index (χ3v) is 21.6. The first-order valence-electron chi connectivity index (χ1n) is 33.5. The Labute approximate surface area is 585 Å². The molecular formula is C92H56N6S2. The van der Waals surface area contributed by atoms with Crippen LogP contribution in [0.3, 0.4) is 0 Å². The second kappa shape index (κ2) is 24.7. The monoisotopic (exact) mass is 1310 g/mol. The minimum absolute atomic E-state index is 0.666. The summed E-state index contributed by atoms with van der Waals surface area (Å²) in [7, 11) is 0. The Morgan fingerprint density at radius 1 is 0.190 bits per heavy atom. The molecule has 6 nitrogen and oxygen atoms in total. The SMILES string of the molecule is c1ccc(-c2ccc(-c3nc(-c4ccccc4)cc(-c4ccc(-c5cccc6c5nc(-c5cccc(-c7ccc(-c8cc(-c9ccc(-c%10cccc%11c%10nc(-c%10ccccc%10)c%10c%12ccccc%12sc%11%10)cc9)nc(-c9ccccc9)n8)cc7)c5)c5c7ccccc7sc65)cc4)n3)cc2)cc1. The van der Waals surface area contributed by atoms with Gasteiger partial charge in [-0.05, 0) is 63.7 Å². The van der Waals surface area contributed by atoms with Crippen LogP contribution in [-0.2, 0) is 0 Å². The maximum Gasteiger partial charge on any atom is 0.160 e. The van der Waals surface area contributed by atoms with E-state index in [2.05, 4.69) is 309 Å². The van der Waals surface area contributed by atoms with Gasteiger partial charge in [0.25, 0.3) is 0 Å². The summed E-state index contributed by atoms with van der Waals surface area (Å²) in [6, 6.07) is 120. The predicted molar refractivity (Wildman–Crippen MR) is 419 cm³/mol. The average molecular weight is 1310 g/mol. The molecule has 0 saturated carbocycles. The Balaban J connectivity index is 0.655. The molecule has 8 heteroatoms. The number of benzene rings is 13. The normalized spacial score (nSPS) is 11.6. The van der Waals surface area contributed by atoms with Gasteiger partial charge in [0.2, 0.25) is 0 Å². The fraction of sp³-hybridized carbons (Fsp3) is 0. The number of hydrogen-bond donors (Lipinski definition) is 0. The number of nitrogens with zero attached hydrogens (tertiary/aromatic N) is 6. The van der Waals surface area contributed by atoms with Crippen molar-refractivity contribution in [3.63, 3.8) is 0 Å². The van der Waals surface area contributed by atoms with Crippen LogP contribution in [0.1, 0.15) is 0 Å². The lowest BCUT2D eigenvalue weighted by atomic mass is 9.95. The highest BCUT2D eigenvalue weighted by atomic mass is 32.1. The third kappa shape index (κ3) is 10.6. The molecule has 0 radical (unpaired) electrons. The molecule has 0 atom stereocenters. The summed E-state index contributed by atoms with van der Waals surface area (Å²) >= 11 is 3.68. The van der Waals surface area contributed by atoms with Crippen LogP contribution < -0.4 is 0 Å². The third-order valence-electron chi connectivity index (χ3n) is 19.2. The molecule has 19 aromatic rings. The largest absolute Gasteiger partial charge is 0.246 e. The lowest BCUT2D eigenvalue weighted by molar-refractivity contribution is 1.18. The molecule has 0 bridgehead atoms. The van der Waals surface area contributed by atoms with E-state index < -0.39 is 0 Å². The highest BCUT2D eigenvalue weighted by Crippen LogP contribution is 2.48. The van der Waals surface area contributed by atoms with Gasteiger partial charge in [0.15, 0.2) is 11.6 Å². The van der Waals surface area contributed by atoms with Crippen LogP contribution in [0.25, 0.3) is 197 Å². The number of hydrogen-bond acceptors (Lipinski definition) is 8. The van der Waals surface area contributed by atoms with Gasteiger partial charge in [-0.25, -0.2) is 29.9 Å². The molecule has 466 valence electrons. The first-order chi connectivity index (χ1) is 49.5. The van der Waals surface area contributed by atoms with Crippen molar-refractivity contribution >= 4 is 84.8 Å². The van der Waals surface area contributed by atoms with E-state index in [1.165, 1.54) is 40.5 Å². The standard InChI is InChI=1S/C92H56N6S2/c1-5-20-57(21-6-1)58-40-52-68(53-41-58)92-93-77(62-22-7-2-8-23-62)55-78(96-92)64-48-44-61(45-49-64)72-33-19-35-76-88(72)98-86(84-74-31-14-16-37-82(74)100-90(76)84)70-29-17-28-69(54-70)59-38-46-63(47-39-59)79-56-80(95-91(94-79)67-26-11-4-12-27-67)65-50-42-60(43-51-65)71-32-18-34-75-87(71)97-85(66-24-9-3-10-25-66)83-73-30-13-15-36-81(73)99-89(75)83/h1-56H. The molecule has 0 aliphatic carbocycles. The van der Waals surface area contributed by atoms with Gasteiger partial charge >= 0.3 is 0 Å². The van der Waals surface area contributed by atoms with E-state index >= 15 is 0 Å². The number of para-hydroxylation sites is 2. The number of rotatable bonds is 12. The van der Waals surface area contributed by atoms with Gasteiger partial charge in [-0.3, -0.25) is 0 Å².